The molecule has 1 amide bonds. The number of benzene rings is 1. The van der Waals surface area contributed by atoms with Gasteiger partial charge in [-0.15, -0.1) is 0 Å². The molecule has 3 atom stereocenters. The molecule has 0 saturated heterocycles. The monoisotopic (exact) mass is 481 g/mol. The highest BCUT2D eigenvalue weighted by Crippen LogP contribution is 2.38. The second-order valence-corrected chi connectivity index (χ2v) is 11.3. The Morgan fingerprint density at radius 1 is 1.26 bits per heavy atom. The van der Waals surface area contributed by atoms with Gasteiger partial charge in [0.1, 0.15) is 11.8 Å². The first-order valence-corrected chi connectivity index (χ1v) is 12.6. The Balaban J connectivity index is 1.41. The van der Waals surface area contributed by atoms with Crippen molar-refractivity contribution in [3.63, 3.8) is 0 Å². The number of rotatable bonds is 9. The third-order valence-corrected chi connectivity index (χ3v) is 7.61. The van der Waals surface area contributed by atoms with Crippen molar-refractivity contribution in [2.24, 2.45) is 23.2 Å². The summed E-state index contributed by atoms with van der Waals surface area (Å²) in [6.45, 7) is 4.18. The van der Waals surface area contributed by atoms with Gasteiger partial charge in [-0.2, -0.15) is 5.26 Å². The minimum absolute atomic E-state index is 0.00153. The van der Waals surface area contributed by atoms with Gasteiger partial charge in [-0.1, -0.05) is 50.4 Å². The van der Waals surface area contributed by atoms with Gasteiger partial charge >= 0.3 is 0 Å². The van der Waals surface area contributed by atoms with Crippen LogP contribution in [0.3, 0.4) is 0 Å². The molecule has 1 heterocycles. The second kappa shape index (κ2) is 9.92. The Kier molecular flexibility index (Phi) is 7.14. The highest BCUT2D eigenvalue weighted by Gasteiger charge is 2.36. The van der Waals surface area contributed by atoms with E-state index >= 15 is 0 Å². The highest BCUT2D eigenvalue weighted by atomic mass is 35.5. The van der Waals surface area contributed by atoms with E-state index in [2.05, 4.69) is 30.2 Å². The predicted octanol–water partition coefficient (Wildman–Crippen LogP) is 5.60. The molecule has 6 nitrogen and oxygen atoms in total. The molecule has 7 heteroatoms. The summed E-state index contributed by atoms with van der Waals surface area (Å²) in [7, 11) is 0. The number of halogens is 1. The van der Waals surface area contributed by atoms with Crippen molar-refractivity contribution < 1.29 is 14.4 Å². The number of carbonyl (C=O) groups is 3. The molecule has 1 aromatic carbocycles. The second-order valence-electron chi connectivity index (χ2n) is 10.9. The molecule has 2 aromatic rings. The molecule has 2 unspecified atom stereocenters. The van der Waals surface area contributed by atoms with Crippen molar-refractivity contribution in [3.8, 4) is 6.07 Å². The van der Waals surface area contributed by atoms with Crippen molar-refractivity contribution in [1.82, 2.24) is 10.3 Å². The molecular weight excluding hydrogens is 450 g/mol. The van der Waals surface area contributed by atoms with Crippen LogP contribution in [0.15, 0.2) is 24.3 Å². The first kappa shape index (κ1) is 24.5. The van der Waals surface area contributed by atoms with Crippen LogP contribution in [0.5, 0.6) is 0 Å². The summed E-state index contributed by atoms with van der Waals surface area (Å²) < 4.78 is 0. The number of aromatic amines is 1. The third-order valence-electron chi connectivity index (χ3n) is 7.29. The van der Waals surface area contributed by atoms with Crippen LogP contribution in [0.25, 0.3) is 10.9 Å². The highest BCUT2D eigenvalue weighted by molar-refractivity contribution is 6.35. The molecule has 2 saturated carbocycles. The number of para-hydroxylation sites is 1. The van der Waals surface area contributed by atoms with Crippen LogP contribution in [-0.4, -0.2) is 28.5 Å². The lowest BCUT2D eigenvalue weighted by molar-refractivity contribution is -0.129. The van der Waals surface area contributed by atoms with Gasteiger partial charge in [-0.25, -0.2) is 0 Å². The normalized spacial score (nSPS) is 21.6. The zero-order valence-corrected chi connectivity index (χ0v) is 20.6. The third kappa shape index (κ3) is 5.88. The van der Waals surface area contributed by atoms with Gasteiger partial charge in [0.15, 0.2) is 5.78 Å². The van der Waals surface area contributed by atoms with Crippen molar-refractivity contribution >= 4 is 40.0 Å². The summed E-state index contributed by atoms with van der Waals surface area (Å²) in [5, 5.41) is 13.9. The summed E-state index contributed by atoms with van der Waals surface area (Å²) in [5.74, 6) is -0.497. The number of hydrogen-bond donors (Lipinski definition) is 2. The fourth-order valence-corrected chi connectivity index (χ4v) is 5.27. The number of ketones is 2. The largest absolute Gasteiger partial charge is 0.351 e. The van der Waals surface area contributed by atoms with E-state index < -0.39 is 12.0 Å². The van der Waals surface area contributed by atoms with Gasteiger partial charge in [-0.3, -0.25) is 14.4 Å². The summed E-state index contributed by atoms with van der Waals surface area (Å²) in [6.07, 6.45) is 5.35. The van der Waals surface area contributed by atoms with Crippen molar-refractivity contribution in [1.29, 1.82) is 5.26 Å². The molecule has 0 aliphatic heterocycles. The van der Waals surface area contributed by atoms with Gasteiger partial charge in [0.2, 0.25) is 5.91 Å². The molecule has 2 aliphatic rings. The number of nitriles is 1. The Hall–Kier alpha value is -2.65. The van der Waals surface area contributed by atoms with Gasteiger partial charge in [0.25, 0.3) is 0 Å². The SMILES string of the molecule is CC1(C)CCC(CC(C#N)NC(=O)[C@@H](CC(=O)c2cc3cccc(Cl)c3[nH]2)CC2CC2)C(=O)C1. The van der Waals surface area contributed by atoms with Crippen LogP contribution < -0.4 is 5.32 Å². The van der Waals surface area contributed by atoms with Crippen LogP contribution in [0.2, 0.25) is 5.02 Å². The average Bonchev–Trinajstić information content (AvgIpc) is 3.48. The number of aromatic nitrogens is 1. The zero-order chi connectivity index (χ0) is 24.5. The summed E-state index contributed by atoms with van der Waals surface area (Å²) in [4.78, 5) is 41.9. The number of nitrogens with one attached hydrogen (secondary N) is 2. The quantitative estimate of drug-likeness (QED) is 0.454. The molecular formula is C27H32ClN3O3. The lowest BCUT2D eigenvalue weighted by Gasteiger charge is -2.34. The van der Waals surface area contributed by atoms with Crippen LogP contribution in [-0.2, 0) is 9.59 Å². The average molecular weight is 482 g/mol. The number of hydrogen-bond acceptors (Lipinski definition) is 4. The number of amides is 1. The topological polar surface area (TPSA) is 103 Å². The fraction of sp³-hybridized carbons (Fsp3) is 0.556. The maximum Gasteiger partial charge on any atom is 0.224 e. The molecule has 2 fully saturated rings. The Morgan fingerprint density at radius 3 is 2.68 bits per heavy atom. The Bertz CT molecular complexity index is 1140. The molecule has 2 N–H and O–H groups in total. The molecule has 180 valence electrons. The number of nitrogens with zero attached hydrogens (tertiary/aromatic N) is 1. The maximum absolute atomic E-state index is 13.2. The van der Waals surface area contributed by atoms with E-state index in [-0.39, 0.29) is 35.2 Å². The number of Topliss-reactive ketones (excluding diaryl/α,β-unsaturated/α-hetero) is 2. The zero-order valence-electron chi connectivity index (χ0n) is 19.8. The molecule has 0 bridgehead atoms. The lowest BCUT2D eigenvalue weighted by Crippen LogP contribution is -2.42. The van der Waals surface area contributed by atoms with E-state index in [9.17, 15) is 19.6 Å². The Morgan fingerprint density at radius 2 is 2.03 bits per heavy atom. The van der Waals surface area contributed by atoms with Gasteiger partial charge in [0, 0.05) is 30.1 Å². The molecule has 34 heavy (non-hydrogen) atoms. The van der Waals surface area contributed by atoms with Crippen LogP contribution in [0.4, 0.5) is 0 Å². The Labute approximate surface area is 205 Å². The van der Waals surface area contributed by atoms with Crippen LogP contribution >= 0.6 is 11.6 Å². The van der Waals surface area contributed by atoms with Crippen molar-refractivity contribution in [3.05, 3.63) is 35.0 Å². The molecule has 0 radical (unpaired) electrons. The molecule has 1 aromatic heterocycles. The fourth-order valence-electron chi connectivity index (χ4n) is 5.04. The number of H-pyrrole nitrogens is 1. The number of carbonyl (C=O) groups excluding carboxylic acids is 3. The smallest absolute Gasteiger partial charge is 0.224 e. The standard InChI is InChI=1S/C27H32ClN3O3/c1-27(2)9-8-17(24(33)14-27)11-20(15-29)30-26(34)19(10-16-6-7-16)13-23(32)22-12-18-4-3-5-21(28)25(18)31-22/h3-5,12,16-17,19-20,31H,6-11,13-14H2,1-2H3,(H,30,34)/t17?,19-,20?/m1/s1. The van der Waals surface area contributed by atoms with E-state index in [4.69, 9.17) is 11.6 Å². The number of fused-ring (bicyclic) bond motifs is 1. The van der Waals surface area contributed by atoms with Gasteiger partial charge in [0.05, 0.1) is 22.3 Å². The summed E-state index contributed by atoms with van der Waals surface area (Å²) in [6, 6.07) is 8.68. The van der Waals surface area contributed by atoms with E-state index in [1.54, 1.807) is 12.1 Å². The first-order valence-electron chi connectivity index (χ1n) is 12.2. The first-order chi connectivity index (χ1) is 16.1. The summed E-state index contributed by atoms with van der Waals surface area (Å²) >= 11 is 6.23. The molecule has 2 aliphatic carbocycles. The van der Waals surface area contributed by atoms with Crippen molar-refractivity contribution in [2.45, 2.75) is 71.3 Å². The predicted molar refractivity (Wildman–Crippen MR) is 131 cm³/mol. The van der Waals surface area contributed by atoms with Gasteiger partial charge in [-0.05, 0) is 49.1 Å². The molecule has 4 rings (SSSR count). The van der Waals surface area contributed by atoms with E-state index in [1.165, 1.54) is 0 Å². The van der Waals surface area contributed by atoms with E-state index in [1.807, 2.05) is 12.1 Å². The minimum Gasteiger partial charge on any atom is -0.351 e. The summed E-state index contributed by atoms with van der Waals surface area (Å²) in [5.41, 5.74) is 1.14. The minimum atomic E-state index is -0.730. The van der Waals surface area contributed by atoms with E-state index in [0.29, 0.717) is 41.4 Å². The van der Waals surface area contributed by atoms with Gasteiger partial charge < -0.3 is 10.3 Å². The maximum atomic E-state index is 13.2. The van der Waals surface area contributed by atoms with Crippen LogP contribution in [0, 0.1) is 34.5 Å². The lowest BCUT2D eigenvalue weighted by atomic mass is 9.71. The van der Waals surface area contributed by atoms with E-state index in [0.717, 1.165) is 31.1 Å². The van der Waals surface area contributed by atoms with Crippen LogP contribution in [0.1, 0.15) is 75.7 Å². The van der Waals surface area contributed by atoms with Crippen molar-refractivity contribution in [2.75, 3.05) is 0 Å². The molecule has 0 spiro atoms.